The van der Waals surface area contributed by atoms with Crippen molar-refractivity contribution in [2.45, 2.75) is 58.5 Å². The van der Waals surface area contributed by atoms with Crippen molar-refractivity contribution in [1.82, 2.24) is 5.32 Å². The fraction of sp³-hybridized carbons (Fsp3) is 0.923. The molecule has 0 rings (SSSR count). The molecule has 0 aromatic heterocycles. The molecular weight excluding hydrogens is 314 g/mol. The highest BCUT2D eigenvalue weighted by atomic mass is 32.2. The maximum Gasteiger partial charge on any atom is 0.407 e. The van der Waals surface area contributed by atoms with Gasteiger partial charge in [-0.15, -0.1) is 0 Å². The van der Waals surface area contributed by atoms with E-state index in [4.69, 9.17) is 13.7 Å². The Balaban J connectivity index is 4.45. The monoisotopic (exact) mass is 341 g/mol. The molecule has 0 unspecified atom stereocenters. The van der Waals surface area contributed by atoms with Gasteiger partial charge in [-0.25, -0.2) is 4.79 Å². The van der Waals surface area contributed by atoms with E-state index in [2.05, 4.69) is 5.32 Å². The Hall–Kier alpha value is -0.900. The second-order valence-electron chi connectivity index (χ2n) is 6.39. The molecule has 22 heavy (non-hydrogen) atoms. The van der Waals surface area contributed by atoms with E-state index >= 15 is 0 Å². The van der Waals surface area contributed by atoms with Crippen LogP contribution < -0.4 is 5.32 Å². The Kier molecular flexibility index (Phi) is 7.76. The summed E-state index contributed by atoms with van der Waals surface area (Å²) in [6, 6.07) is 0. The van der Waals surface area contributed by atoms with Gasteiger partial charge in [-0.05, 0) is 34.6 Å². The van der Waals surface area contributed by atoms with Crippen LogP contribution in [0.25, 0.3) is 0 Å². The number of alkyl carbamates (subject to hydrolysis) is 1. The van der Waals surface area contributed by atoms with E-state index in [1.165, 1.54) is 13.8 Å². The third-order valence-corrected chi connectivity index (χ3v) is 2.70. The first-order chi connectivity index (χ1) is 9.68. The molecule has 0 spiro atoms. The summed E-state index contributed by atoms with van der Waals surface area (Å²) in [5.74, 6) is -1.33. The zero-order valence-electron chi connectivity index (χ0n) is 14.0. The van der Waals surface area contributed by atoms with E-state index in [0.29, 0.717) is 0 Å². The maximum atomic E-state index is 11.6. The predicted octanol–water partition coefficient (Wildman–Crippen LogP) is 0.991. The summed E-state index contributed by atoms with van der Waals surface area (Å²) in [7, 11) is -3.68. The number of aliphatic hydroxyl groups is 1. The van der Waals surface area contributed by atoms with Gasteiger partial charge in [0.2, 0.25) is 0 Å². The van der Waals surface area contributed by atoms with Crippen molar-refractivity contribution in [3.63, 3.8) is 0 Å². The summed E-state index contributed by atoms with van der Waals surface area (Å²) in [5, 5.41) is 11.9. The number of amides is 1. The minimum absolute atomic E-state index is 0.0583. The number of rotatable bonds is 8. The van der Waals surface area contributed by atoms with Gasteiger partial charge in [0, 0.05) is 13.0 Å². The van der Waals surface area contributed by atoms with Crippen molar-refractivity contribution in [2.75, 3.05) is 19.4 Å². The van der Waals surface area contributed by atoms with Gasteiger partial charge < -0.3 is 19.9 Å². The largest absolute Gasteiger partial charge is 0.444 e. The highest BCUT2D eigenvalue weighted by Gasteiger charge is 2.21. The first kappa shape index (κ1) is 21.1. The number of nitrogens with one attached hydrogen (secondary N) is 1. The minimum atomic E-state index is -3.68. The molecule has 1 atom stereocenters. The molecule has 0 aliphatic rings. The lowest BCUT2D eigenvalue weighted by molar-refractivity contribution is -0.178. The summed E-state index contributed by atoms with van der Waals surface area (Å²) in [5.41, 5.74) is -0.651. The number of carbonyl (C=O) groups is 1. The van der Waals surface area contributed by atoms with Crippen LogP contribution >= 0.6 is 0 Å². The van der Waals surface area contributed by atoms with E-state index in [-0.39, 0.29) is 19.6 Å². The van der Waals surface area contributed by atoms with Crippen LogP contribution in [-0.2, 0) is 23.8 Å². The number of ether oxygens (including phenoxy) is 2. The summed E-state index contributed by atoms with van der Waals surface area (Å²) in [4.78, 5) is 11.6. The van der Waals surface area contributed by atoms with Crippen LogP contribution in [0, 0.1) is 0 Å². The van der Waals surface area contributed by atoms with Crippen LogP contribution in [0.5, 0.6) is 0 Å². The zero-order valence-corrected chi connectivity index (χ0v) is 14.8. The molecule has 0 aliphatic heterocycles. The van der Waals surface area contributed by atoms with Crippen LogP contribution in [0.15, 0.2) is 0 Å². The lowest BCUT2D eigenvalue weighted by Gasteiger charge is -2.23. The number of hydrogen-bond acceptors (Lipinski definition) is 7. The van der Waals surface area contributed by atoms with E-state index in [1.54, 1.807) is 20.8 Å². The SMILES string of the molecule is CC(C)(C)OC(=O)NC[C@@H](CCOC(C)(C)O)OS(C)(=O)=O. The molecule has 0 heterocycles. The topological polar surface area (TPSA) is 111 Å². The summed E-state index contributed by atoms with van der Waals surface area (Å²) in [6.07, 6.45) is -0.389. The van der Waals surface area contributed by atoms with E-state index in [0.717, 1.165) is 6.26 Å². The quantitative estimate of drug-likeness (QED) is 0.500. The van der Waals surface area contributed by atoms with Gasteiger partial charge in [-0.2, -0.15) is 8.42 Å². The van der Waals surface area contributed by atoms with Crippen LogP contribution in [0.4, 0.5) is 4.79 Å². The molecule has 0 bridgehead atoms. The van der Waals surface area contributed by atoms with Crippen LogP contribution in [0.3, 0.4) is 0 Å². The Bertz CT molecular complexity index is 448. The van der Waals surface area contributed by atoms with Crippen molar-refractivity contribution in [3.05, 3.63) is 0 Å². The first-order valence-electron chi connectivity index (χ1n) is 6.89. The molecular formula is C13H27NO7S. The Morgan fingerprint density at radius 1 is 1.23 bits per heavy atom. The molecule has 132 valence electrons. The normalized spacial score (nSPS) is 14.5. The van der Waals surface area contributed by atoms with Crippen molar-refractivity contribution < 1.29 is 32.0 Å². The van der Waals surface area contributed by atoms with Crippen molar-refractivity contribution in [1.29, 1.82) is 0 Å². The van der Waals surface area contributed by atoms with Crippen LogP contribution in [0.2, 0.25) is 0 Å². The molecule has 0 aromatic rings. The van der Waals surface area contributed by atoms with E-state index < -0.39 is 33.7 Å². The molecule has 0 saturated carbocycles. The van der Waals surface area contributed by atoms with Gasteiger partial charge >= 0.3 is 6.09 Å². The highest BCUT2D eigenvalue weighted by molar-refractivity contribution is 7.86. The third kappa shape index (κ3) is 14.1. The molecule has 0 radical (unpaired) electrons. The van der Waals surface area contributed by atoms with Gasteiger partial charge in [0.05, 0.1) is 19.0 Å². The molecule has 0 aliphatic carbocycles. The standard InChI is InChI=1S/C13H27NO7S/c1-12(2,3)20-11(15)14-9-10(21-22(6,17)18)7-8-19-13(4,5)16/h10,16H,7-9H2,1-6H3,(H,14,15)/t10-/m1/s1. The average molecular weight is 341 g/mol. The molecule has 2 N–H and O–H groups in total. The van der Waals surface area contributed by atoms with E-state index in [1.807, 2.05) is 0 Å². The average Bonchev–Trinajstić information content (AvgIpc) is 2.19. The zero-order chi connectivity index (χ0) is 17.6. The van der Waals surface area contributed by atoms with E-state index in [9.17, 15) is 18.3 Å². The van der Waals surface area contributed by atoms with Crippen molar-refractivity contribution in [2.24, 2.45) is 0 Å². The van der Waals surface area contributed by atoms with Crippen LogP contribution in [-0.4, -0.2) is 56.5 Å². The fourth-order valence-electron chi connectivity index (χ4n) is 1.38. The summed E-state index contributed by atoms with van der Waals surface area (Å²) in [6.45, 7) is 8.07. The second kappa shape index (κ2) is 8.09. The van der Waals surface area contributed by atoms with Crippen molar-refractivity contribution >= 4 is 16.2 Å². The van der Waals surface area contributed by atoms with Gasteiger partial charge in [0.15, 0.2) is 5.79 Å². The Labute approximate surface area is 132 Å². The molecule has 0 saturated heterocycles. The Morgan fingerprint density at radius 2 is 1.77 bits per heavy atom. The maximum absolute atomic E-state index is 11.6. The molecule has 8 nitrogen and oxygen atoms in total. The fourth-order valence-corrected chi connectivity index (χ4v) is 2.04. The number of carbonyl (C=O) groups excluding carboxylic acids is 1. The third-order valence-electron chi connectivity index (χ3n) is 2.08. The number of hydrogen-bond donors (Lipinski definition) is 2. The minimum Gasteiger partial charge on any atom is -0.444 e. The second-order valence-corrected chi connectivity index (χ2v) is 7.99. The Morgan fingerprint density at radius 3 is 2.18 bits per heavy atom. The molecule has 9 heteroatoms. The van der Waals surface area contributed by atoms with Gasteiger partial charge in [0.1, 0.15) is 5.60 Å². The van der Waals surface area contributed by atoms with Crippen LogP contribution in [0.1, 0.15) is 41.0 Å². The summed E-state index contributed by atoms with van der Waals surface area (Å²) >= 11 is 0. The first-order valence-corrected chi connectivity index (χ1v) is 8.71. The smallest absolute Gasteiger partial charge is 0.407 e. The highest BCUT2D eigenvalue weighted by Crippen LogP contribution is 2.09. The van der Waals surface area contributed by atoms with Gasteiger partial charge in [-0.1, -0.05) is 0 Å². The molecule has 0 fully saturated rings. The lowest BCUT2D eigenvalue weighted by atomic mass is 10.2. The molecule has 0 aromatic carbocycles. The lowest BCUT2D eigenvalue weighted by Crippen LogP contribution is -2.39. The predicted molar refractivity (Wildman–Crippen MR) is 80.8 cm³/mol. The van der Waals surface area contributed by atoms with Gasteiger partial charge in [-0.3, -0.25) is 4.18 Å². The van der Waals surface area contributed by atoms with Gasteiger partial charge in [0.25, 0.3) is 10.1 Å². The molecule has 1 amide bonds. The van der Waals surface area contributed by atoms with Crippen molar-refractivity contribution in [3.8, 4) is 0 Å². The summed E-state index contributed by atoms with van der Waals surface area (Å²) < 4.78 is 37.5.